The minimum atomic E-state index is 0.207. The van der Waals surface area contributed by atoms with E-state index in [1.54, 1.807) is 0 Å². The van der Waals surface area contributed by atoms with Gasteiger partial charge in [-0.15, -0.1) is 0 Å². The molecule has 3 N–H and O–H groups in total. The normalized spacial score (nSPS) is 9.08. The monoisotopic (exact) mass is 182 g/mol. The molecule has 0 radical (unpaired) electrons. The van der Waals surface area contributed by atoms with Crippen LogP contribution in [-0.2, 0) is 11.3 Å². The molecule has 64 valence electrons. The lowest BCUT2D eigenvalue weighted by molar-refractivity contribution is 0.287. The average Bonchev–Trinajstić information content (AvgIpc) is 2.16. The molecular formula is C8H10N2OS. The Morgan fingerprint density at radius 1 is 1.42 bits per heavy atom. The summed E-state index contributed by atoms with van der Waals surface area (Å²) in [5, 5.41) is 0.207. The summed E-state index contributed by atoms with van der Waals surface area (Å²) in [5.74, 6) is 5.02. The van der Waals surface area contributed by atoms with E-state index < -0.39 is 0 Å². The number of thiocarbonyl (C=S) groups is 1. The second kappa shape index (κ2) is 4.69. The summed E-state index contributed by atoms with van der Waals surface area (Å²) in [7, 11) is 0. The van der Waals surface area contributed by atoms with Gasteiger partial charge in [-0.3, -0.25) is 5.43 Å². The van der Waals surface area contributed by atoms with Crippen molar-refractivity contribution in [2.45, 2.75) is 6.61 Å². The molecule has 0 atom stereocenters. The quantitative estimate of drug-likeness (QED) is 0.406. The maximum Gasteiger partial charge on any atom is 0.271 e. The van der Waals surface area contributed by atoms with Crippen LogP contribution < -0.4 is 11.3 Å². The van der Waals surface area contributed by atoms with Crippen molar-refractivity contribution in [3.05, 3.63) is 35.9 Å². The minimum Gasteiger partial charge on any atom is -0.465 e. The summed E-state index contributed by atoms with van der Waals surface area (Å²) in [6, 6.07) is 9.75. The van der Waals surface area contributed by atoms with E-state index in [0.717, 1.165) is 5.56 Å². The van der Waals surface area contributed by atoms with Crippen LogP contribution >= 0.6 is 12.2 Å². The summed E-state index contributed by atoms with van der Waals surface area (Å²) < 4.78 is 5.07. The van der Waals surface area contributed by atoms with Crippen molar-refractivity contribution in [2.24, 2.45) is 5.84 Å². The third-order valence-corrected chi connectivity index (χ3v) is 1.57. The molecule has 0 bridgehead atoms. The lowest BCUT2D eigenvalue weighted by Crippen LogP contribution is -2.30. The highest BCUT2D eigenvalue weighted by atomic mass is 32.1. The Balaban J connectivity index is 2.38. The third-order valence-electron chi connectivity index (χ3n) is 1.33. The Hall–Kier alpha value is -1.13. The van der Waals surface area contributed by atoms with Crippen LogP contribution in [0.3, 0.4) is 0 Å². The van der Waals surface area contributed by atoms with Crippen molar-refractivity contribution in [3.63, 3.8) is 0 Å². The van der Waals surface area contributed by atoms with E-state index in [1.165, 1.54) is 0 Å². The van der Waals surface area contributed by atoms with E-state index in [9.17, 15) is 0 Å². The van der Waals surface area contributed by atoms with Crippen LogP contribution in [0.1, 0.15) is 5.56 Å². The van der Waals surface area contributed by atoms with Gasteiger partial charge >= 0.3 is 0 Å². The summed E-state index contributed by atoms with van der Waals surface area (Å²) in [6.45, 7) is 0.448. The first kappa shape index (κ1) is 8.96. The molecule has 0 aromatic heterocycles. The van der Waals surface area contributed by atoms with E-state index in [1.807, 2.05) is 30.3 Å². The number of nitrogens with one attached hydrogen (secondary N) is 1. The van der Waals surface area contributed by atoms with E-state index in [4.69, 9.17) is 22.8 Å². The number of hydrogen-bond donors (Lipinski definition) is 2. The van der Waals surface area contributed by atoms with E-state index >= 15 is 0 Å². The summed E-state index contributed by atoms with van der Waals surface area (Å²) >= 11 is 4.70. The van der Waals surface area contributed by atoms with Crippen molar-refractivity contribution in [1.82, 2.24) is 5.43 Å². The van der Waals surface area contributed by atoms with Crippen LogP contribution in [0.4, 0.5) is 0 Å². The molecule has 0 spiro atoms. The molecule has 0 heterocycles. The fourth-order valence-electron chi connectivity index (χ4n) is 0.765. The van der Waals surface area contributed by atoms with Gasteiger partial charge in [0.05, 0.1) is 0 Å². The van der Waals surface area contributed by atoms with Crippen LogP contribution in [0.15, 0.2) is 30.3 Å². The maximum atomic E-state index is 5.07. The van der Waals surface area contributed by atoms with Crippen LogP contribution in [0.2, 0.25) is 0 Å². The second-order valence-electron chi connectivity index (χ2n) is 2.21. The van der Waals surface area contributed by atoms with E-state index in [0.29, 0.717) is 6.61 Å². The number of nitrogens with two attached hydrogens (primary N) is 1. The SMILES string of the molecule is NNC(=S)OCc1ccccc1. The molecule has 1 aromatic carbocycles. The van der Waals surface area contributed by atoms with Crippen LogP contribution in [0.5, 0.6) is 0 Å². The standard InChI is InChI=1S/C8H10N2OS/c9-10-8(12)11-6-7-4-2-1-3-5-7/h1-5H,6,9H2,(H,10,12). The zero-order valence-corrected chi connectivity index (χ0v) is 7.30. The first-order chi connectivity index (χ1) is 5.83. The van der Waals surface area contributed by atoms with Crippen molar-refractivity contribution in [3.8, 4) is 0 Å². The molecule has 4 heteroatoms. The lowest BCUT2D eigenvalue weighted by Gasteiger charge is -2.05. The molecule has 3 nitrogen and oxygen atoms in total. The number of hydrogen-bond acceptors (Lipinski definition) is 3. The number of rotatable bonds is 2. The van der Waals surface area contributed by atoms with Crippen LogP contribution in [0, 0.1) is 0 Å². The molecule has 1 rings (SSSR count). The van der Waals surface area contributed by atoms with E-state index in [2.05, 4.69) is 5.43 Å². The fraction of sp³-hybridized carbons (Fsp3) is 0.125. The van der Waals surface area contributed by atoms with Crippen molar-refractivity contribution in [2.75, 3.05) is 0 Å². The molecule has 0 aliphatic rings. The Kier molecular flexibility index (Phi) is 3.50. The van der Waals surface area contributed by atoms with Crippen molar-refractivity contribution in [1.29, 1.82) is 0 Å². The summed E-state index contributed by atoms with van der Waals surface area (Å²) in [5.41, 5.74) is 3.31. The summed E-state index contributed by atoms with van der Waals surface area (Å²) in [6.07, 6.45) is 0. The maximum absolute atomic E-state index is 5.07. The Bertz CT molecular complexity index is 250. The molecule has 0 saturated carbocycles. The van der Waals surface area contributed by atoms with Gasteiger partial charge < -0.3 is 4.74 Å². The van der Waals surface area contributed by atoms with Crippen LogP contribution in [-0.4, -0.2) is 5.17 Å². The predicted octanol–water partition coefficient (Wildman–Crippen LogP) is 0.951. The highest BCUT2D eigenvalue weighted by Crippen LogP contribution is 1.99. The van der Waals surface area contributed by atoms with Gasteiger partial charge in [-0.05, 0) is 17.8 Å². The molecule has 0 fully saturated rings. The van der Waals surface area contributed by atoms with Gasteiger partial charge in [-0.25, -0.2) is 5.84 Å². The van der Waals surface area contributed by atoms with Gasteiger partial charge in [0.1, 0.15) is 6.61 Å². The molecule has 0 aliphatic carbocycles. The third kappa shape index (κ3) is 2.86. The molecular weight excluding hydrogens is 172 g/mol. The smallest absolute Gasteiger partial charge is 0.271 e. The first-order valence-electron chi connectivity index (χ1n) is 3.50. The van der Waals surface area contributed by atoms with Gasteiger partial charge in [-0.2, -0.15) is 0 Å². The topological polar surface area (TPSA) is 47.3 Å². The number of benzene rings is 1. The first-order valence-corrected chi connectivity index (χ1v) is 3.91. The van der Waals surface area contributed by atoms with Crippen LogP contribution in [0.25, 0.3) is 0 Å². The largest absolute Gasteiger partial charge is 0.465 e. The zero-order valence-electron chi connectivity index (χ0n) is 6.49. The van der Waals surface area contributed by atoms with Gasteiger partial charge in [0.2, 0.25) is 0 Å². The molecule has 0 unspecified atom stereocenters. The van der Waals surface area contributed by atoms with Gasteiger partial charge in [0.25, 0.3) is 5.17 Å². The van der Waals surface area contributed by atoms with E-state index in [-0.39, 0.29) is 5.17 Å². The van der Waals surface area contributed by atoms with Crippen molar-refractivity contribution >= 4 is 17.4 Å². The second-order valence-corrected chi connectivity index (χ2v) is 2.58. The average molecular weight is 182 g/mol. The molecule has 1 aromatic rings. The Morgan fingerprint density at radius 2 is 2.08 bits per heavy atom. The molecule has 0 amide bonds. The minimum absolute atomic E-state index is 0.207. The Labute approximate surface area is 76.5 Å². The van der Waals surface area contributed by atoms with Crippen molar-refractivity contribution < 1.29 is 4.74 Å². The zero-order chi connectivity index (χ0) is 8.81. The molecule has 0 aliphatic heterocycles. The van der Waals surface area contributed by atoms with Gasteiger partial charge in [-0.1, -0.05) is 30.3 Å². The fourth-order valence-corrected chi connectivity index (χ4v) is 0.824. The lowest BCUT2D eigenvalue weighted by atomic mass is 10.2. The molecule has 12 heavy (non-hydrogen) atoms. The van der Waals surface area contributed by atoms with Gasteiger partial charge in [0, 0.05) is 0 Å². The van der Waals surface area contributed by atoms with Gasteiger partial charge in [0.15, 0.2) is 0 Å². The highest BCUT2D eigenvalue weighted by molar-refractivity contribution is 7.80. The Morgan fingerprint density at radius 3 is 2.67 bits per heavy atom. The summed E-state index contributed by atoms with van der Waals surface area (Å²) in [4.78, 5) is 0. The molecule has 0 saturated heterocycles. The highest BCUT2D eigenvalue weighted by Gasteiger charge is 1.93. The number of ether oxygens (including phenoxy) is 1. The number of hydrazine groups is 1. The predicted molar refractivity (Wildman–Crippen MR) is 51.2 cm³/mol.